The van der Waals surface area contributed by atoms with Crippen LogP contribution in [0.15, 0.2) is 12.7 Å². The molecular formula is C8H14O3. The molecule has 0 spiro atoms. The van der Waals surface area contributed by atoms with Crippen molar-refractivity contribution >= 4 is 5.97 Å². The maximum Gasteiger partial charge on any atom is 0.332 e. The summed E-state index contributed by atoms with van der Waals surface area (Å²) in [6, 6.07) is 0. The van der Waals surface area contributed by atoms with E-state index < -0.39 is 12.3 Å². The van der Waals surface area contributed by atoms with Gasteiger partial charge in [0.1, 0.15) is 0 Å². The number of carbonyl (C=O) groups excluding carboxylic acids is 1. The molecule has 0 bridgehead atoms. The maximum absolute atomic E-state index is 10.7. The summed E-state index contributed by atoms with van der Waals surface area (Å²) in [5.41, 5.74) is 0. The molecule has 0 amide bonds. The average Bonchev–Trinajstić information content (AvgIpc) is 1.99. The lowest BCUT2D eigenvalue weighted by atomic mass is 10.2. The minimum Gasteiger partial charge on any atom is -0.432 e. The highest BCUT2D eigenvalue weighted by molar-refractivity contribution is 5.81. The van der Waals surface area contributed by atoms with Crippen LogP contribution in [0, 0.1) is 5.92 Å². The molecule has 3 nitrogen and oxygen atoms in total. The summed E-state index contributed by atoms with van der Waals surface area (Å²) in [5.74, 6) is -0.297. The quantitative estimate of drug-likeness (QED) is 0.352. The van der Waals surface area contributed by atoms with Crippen molar-refractivity contribution in [2.24, 2.45) is 5.92 Å². The normalized spacial score (nSPS) is 12.7. The molecule has 1 unspecified atom stereocenters. The van der Waals surface area contributed by atoms with Gasteiger partial charge in [0, 0.05) is 19.1 Å². The third-order valence-electron chi connectivity index (χ3n) is 1.18. The van der Waals surface area contributed by atoms with E-state index in [9.17, 15) is 4.79 Å². The van der Waals surface area contributed by atoms with E-state index in [-0.39, 0.29) is 5.92 Å². The number of rotatable bonds is 4. The Morgan fingerprint density at radius 2 is 2.09 bits per heavy atom. The van der Waals surface area contributed by atoms with Crippen LogP contribution in [-0.4, -0.2) is 19.4 Å². The molecule has 0 aromatic rings. The Balaban J connectivity index is 3.87. The van der Waals surface area contributed by atoms with E-state index in [2.05, 4.69) is 6.58 Å². The van der Waals surface area contributed by atoms with E-state index in [1.165, 1.54) is 7.11 Å². The molecule has 11 heavy (non-hydrogen) atoms. The van der Waals surface area contributed by atoms with Crippen LogP contribution >= 0.6 is 0 Å². The summed E-state index contributed by atoms with van der Waals surface area (Å²) in [4.78, 5) is 10.7. The van der Waals surface area contributed by atoms with Crippen molar-refractivity contribution in [3.63, 3.8) is 0 Å². The molecule has 1 atom stereocenters. The number of methoxy groups -OCH3 is 1. The first-order valence-electron chi connectivity index (χ1n) is 3.47. The molecule has 0 rings (SSSR count). The molecule has 0 N–H and O–H groups in total. The molecule has 0 aliphatic heterocycles. The zero-order valence-electron chi connectivity index (χ0n) is 7.16. The van der Waals surface area contributed by atoms with Crippen LogP contribution in [0.3, 0.4) is 0 Å². The summed E-state index contributed by atoms with van der Waals surface area (Å²) >= 11 is 0. The molecule has 3 heteroatoms. The molecule has 0 aliphatic carbocycles. The van der Waals surface area contributed by atoms with Gasteiger partial charge in [-0.15, -0.1) is 0 Å². The molecule has 0 heterocycles. The number of esters is 1. The third kappa shape index (κ3) is 3.78. The van der Waals surface area contributed by atoms with Crippen LogP contribution in [-0.2, 0) is 14.3 Å². The largest absolute Gasteiger partial charge is 0.432 e. The van der Waals surface area contributed by atoms with Crippen molar-refractivity contribution in [2.75, 3.05) is 7.11 Å². The number of hydrogen-bond donors (Lipinski definition) is 0. The van der Waals surface area contributed by atoms with Gasteiger partial charge in [-0.25, -0.2) is 4.79 Å². The topological polar surface area (TPSA) is 35.5 Å². The third-order valence-corrected chi connectivity index (χ3v) is 1.18. The number of ether oxygens (including phenoxy) is 2. The van der Waals surface area contributed by atoms with Gasteiger partial charge in [-0.05, 0) is 0 Å². The van der Waals surface area contributed by atoms with Crippen LogP contribution in [0.25, 0.3) is 0 Å². The predicted molar refractivity (Wildman–Crippen MR) is 41.9 cm³/mol. The molecule has 0 aromatic heterocycles. The summed E-state index contributed by atoms with van der Waals surface area (Å²) in [6.07, 6.45) is 0.648. The second-order valence-electron chi connectivity index (χ2n) is 2.49. The van der Waals surface area contributed by atoms with Crippen LogP contribution in [0.1, 0.15) is 13.8 Å². The van der Waals surface area contributed by atoms with Crippen molar-refractivity contribution in [1.29, 1.82) is 0 Å². The SMILES string of the molecule is C=CC(=O)OC(OC)C(C)C. The van der Waals surface area contributed by atoms with Crippen LogP contribution in [0.2, 0.25) is 0 Å². The van der Waals surface area contributed by atoms with E-state index in [0.717, 1.165) is 6.08 Å². The van der Waals surface area contributed by atoms with Crippen LogP contribution in [0.4, 0.5) is 0 Å². The first kappa shape index (κ1) is 10.2. The fourth-order valence-corrected chi connectivity index (χ4v) is 0.619. The lowest BCUT2D eigenvalue weighted by Crippen LogP contribution is -2.24. The minimum atomic E-state index is -0.472. The van der Waals surface area contributed by atoms with E-state index in [1.54, 1.807) is 0 Å². The summed E-state index contributed by atoms with van der Waals surface area (Å²) in [6.45, 7) is 7.09. The van der Waals surface area contributed by atoms with E-state index in [4.69, 9.17) is 9.47 Å². The van der Waals surface area contributed by atoms with Crippen molar-refractivity contribution < 1.29 is 14.3 Å². The Kier molecular flexibility index (Phi) is 4.54. The Morgan fingerprint density at radius 3 is 2.36 bits per heavy atom. The van der Waals surface area contributed by atoms with E-state index in [0.29, 0.717) is 0 Å². The molecule has 0 radical (unpaired) electrons. The van der Waals surface area contributed by atoms with Gasteiger partial charge in [-0.3, -0.25) is 0 Å². The Hall–Kier alpha value is -0.830. The van der Waals surface area contributed by atoms with Crippen molar-refractivity contribution in [1.82, 2.24) is 0 Å². The molecular weight excluding hydrogens is 144 g/mol. The summed E-state index contributed by atoms with van der Waals surface area (Å²) in [7, 11) is 1.50. The lowest BCUT2D eigenvalue weighted by Gasteiger charge is -2.18. The molecule has 0 aliphatic rings. The van der Waals surface area contributed by atoms with Gasteiger partial charge in [-0.2, -0.15) is 0 Å². The first-order chi connectivity index (χ1) is 5.11. The van der Waals surface area contributed by atoms with Gasteiger partial charge in [0.15, 0.2) is 0 Å². The average molecular weight is 158 g/mol. The monoisotopic (exact) mass is 158 g/mol. The highest BCUT2D eigenvalue weighted by Gasteiger charge is 2.14. The minimum absolute atomic E-state index is 0.156. The van der Waals surface area contributed by atoms with Crippen LogP contribution in [0.5, 0.6) is 0 Å². The highest BCUT2D eigenvalue weighted by Crippen LogP contribution is 2.06. The summed E-state index contributed by atoms with van der Waals surface area (Å²) in [5, 5.41) is 0. The van der Waals surface area contributed by atoms with Crippen molar-refractivity contribution in [3.05, 3.63) is 12.7 Å². The van der Waals surface area contributed by atoms with Gasteiger partial charge >= 0.3 is 5.97 Å². The molecule has 0 aromatic carbocycles. The lowest BCUT2D eigenvalue weighted by molar-refractivity contribution is -0.176. The van der Waals surface area contributed by atoms with Crippen molar-refractivity contribution in [2.45, 2.75) is 20.1 Å². The Labute approximate surface area is 67.0 Å². The Bertz CT molecular complexity index is 140. The fraction of sp³-hybridized carbons (Fsp3) is 0.625. The van der Waals surface area contributed by atoms with Gasteiger partial charge in [0.25, 0.3) is 0 Å². The smallest absolute Gasteiger partial charge is 0.332 e. The van der Waals surface area contributed by atoms with Gasteiger partial charge in [-0.1, -0.05) is 20.4 Å². The van der Waals surface area contributed by atoms with Crippen molar-refractivity contribution in [3.8, 4) is 0 Å². The zero-order valence-corrected chi connectivity index (χ0v) is 7.16. The second kappa shape index (κ2) is 4.91. The molecule has 64 valence electrons. The van der Waals surface area contributed by atoms with Gasteiger partial charge in [0.2, 0.25) is 6.29 Å². The van der Waals surface area contributed by atoms with Crippen LogP contribution < -0.4 is 0 Å². The highest BCUT2D eigenvalue weighted by atomic mass is 16.7. The van der Waals surface area contributed by atoms with E-state index in [1.807, 2.05) is 13.8 Å². The molecule has 0 saturated carbocycles. The Morgan fingerprint density at radius 1 is 1.55 bits per heavy atom. The second-order valence-corrected chi connectivity index (χ2v) is 2.49. The van der Waals surface area contributed by atoms with E-state index >= 15 is 0 Å². The fourth-order valence-electron chi connectivity index (χ4n) is 0.619. The maximum atomic E-state index is 10.7. The molecule has 0 fully saturated rings. The molecule has 0 saturated heterocycles. The zero-order chi connectivity index (χ0) is 8.85. The number of carbonyl (C=O) groups is 1. The first-order valence-corrected chi connectivity index (χ1v) is 3.47. The number of hydrogen-bond acceptors (Lipinski definition) is 3. The van der Waals surface area contributed by atoms with Gasteiger partial charge < -0.3 is 9.47 Å². The standard InChI is InChI=1S/C8H14O3/c1-5-7(9)11-8(10-4)6(2)3/h5-6,8H,1H2,2-4H3. The summed E-state index contributed by atoms with van der Waals surface area (Å²) < 4.78 is 9.72. The predicted octanol–water partition coefficient (Wildman–Crippen LogP) is 1.34. The van der Waals surface area contributed by atoms with Gasteiger partial charge in [0.05, 0.1) is 0 Å².